The minimum Gasteiger partial charge on any atom is -0.388 e. The maximum Gasteiger partial charge on any atom is 0.183 e. The van der Waals surface area contributed by atoms with Crippen molar-refractivity contribution in [2.45, 2.75) is 24.6 Å². The molecule has 0 bridgehead atoms. The standard InChI is InChI=1S/C6H12O5/c1-10-5-4(8)3(7)2-11-6(5)9/h3-9H,2H2,1H3/t3-,4+,5+,6+/m0/s1. The molecule has 0 radical (unpaired) electrons. The Bertz CT molecular complexity index is 128. The summed E-state index contributed by atoms with van der Waals surface area (Å²) in [6.07, 6.45) is -4.08. The second kappa shape index (κ2) is 3.46. The summed E-state index contributed by atoms with van der Waals surface area (Å²) in [4.78, 5) is 0. The smallest absolute Gasteiger partial charge is 0.183 e. The van der Waals surface area contributed by atoms with E-state index in [0.717, 1.165) is 0 Å². The largest absolute Gasteiger partial charge is 0.388 e. The maximum atomic E-state index is 9.19. The van der Waals surface area contributed by atoms with Crippen LogP contribution in [0.15, 0.2) is 0 Å². The molecule has 1 aliphatic rings. The fourth-order valence-electron chi connectivity index (χ4n) is 1.03. The molecule has 5 heteroatoms. The SMILES string of the molecule is CO[C@@H]1[C@H](O)[C@@H](O)CO[C@H]1O. The van der Waals surface area contributed by atoms with Crippen LogP contribution in [0, 0.1) is 0 Å². The van der Waals surface area contributed by atoms with E-state index < -0.39 is 24.6 Å². The minimum atomic E-state index is -1.15. The van der Waals surface area contributed by atoms with Crippen LogP contribution < -0.4 is 0 Å². The van der Waals surface area contributed by atoms with Gasteiger partial charge in [0.2, 0.25) is 0 Å². The Labute approximate surface area is 64.2 Å². The number of aliphatic hydroxyl groups excluding tert-OH is 3. The van der Waals surface area contributed by atoms with Crippen molar-refractivity contribution in [3.8, 4) is 0 Å². The molecular weight excluding hydrogens is 152 g/mol. The maximum absolute atomic E-state index is 9.19. The van der Waals surface area contributed by atoms with Crippen LogP contribution in [0.3, 0.4) is 0 Å². The van der Waals surface area contributed by atoms with Crippen molar-refractivity contribution in [1.82, 2.24) is 0 Å². The Balaban J connectivity index is 2.55. The van der Waals surface area contributed by atoms with Gasteiger partial charge in [-0.2, -0.15) is 0 Å². The fourth-order valence-corrected chi connectivity index (χ4v) is 1.03. The molecule has 1 aliphatic heterocycles. The zero-order chi connectivity index (χ0) is 8.43. The molecule has 0 unspecified atom stereocenters. The molecule has 1 fully saturated rings. The quantitative estimate of drug-likeness (QED) is 0.420. The highest BCUT2D eigenvalue weighted by atomic mass is 16.6. The van der Waals surface area contributed by atoms with Gasteiger partial charge in [-0.1, -0.05) is 0 Å². The van der Waals surface area contributed by atoms with Gasteiger partial charge in [0.05, 0.1) is 6.61 Å². The molecule has 0 aromatic rings. The normalized spacial score (nSPS) is 45.8. The van der Waals surface area contributed by atoms with Gasteiger partial charge in [-0.05, 0) is 0 Å². The van der Waals surface area contributed by atoms with E-state index in [1.807, 2.05) is 0 Å². The summed E-state index contributed by atoms with van der Waals surface area (Å²) in [5.41, 5.74) is 0. The van der Waals surface area contributed by atoms with Gasteiger partial charge in [0.25, 0.3) is 0 Å². The first-order valence-corrected chi connectivity index (χ1v) is 3.35. The lowest BCUT2D eigenvalue weighted by molar-refractivity contribution is -0.258. The Kier molecular flexibility index (Phi) is 2.80. The molecule has 1 saturated heterocycles. The molecular formula is C6H12O5. The zero-order valence-electron chi connectivity index (χ0n) is 6.17. The summed E-state index contributed by atoms with van der Waals surface area (Å²) in [7, 11) is 1.33. The van der Waals surface area contributed by atoms with Crippen molar-refractivity contribution in [2.75, 3.05) is 13.7 Å². The first kappa shape index (κ1) is 8.89. The Morgan fingerprint density at radius 2 is 2.00 bits per heavy atom. The molecule has 1 heterocycles. The van der Waals surface area contributed by atoms with Crippen molar-refractivity contribution in [1.29, 1.82) is 0 Å². The molecule has 3 N–H and O–H groups in total. The minimum absolute atomic E-state index is 0.0673. The van der Waals surface area contributed by atoms with Gasteiger partial charge in [0, 0.05) is 7.11 Å². The van der Waals surface area contributed by atoms with E-state index in [1.165, 1.54) is 7.11 Å². The first-order valence-electron chi connectivity index (χ1n) is 3.35. The molecule has 4 atom stereocenters. The lowest BCUT2D eigenvalue weighted by atomic mass is 10.1. The Morgan fingerprint density at radius 1 is 1.36 bits per heavy atom. The summed E-state index contributed by atoms with van der Waals surface area (Å²) >= 11 is 0. The van der Waals surface area contributed by atoms with Crippen molar-refractivity contribution < 1.29 is 24.8 Å². The molecule has 0 amide bonds. The fraction of sp³-hybridized carbons (Fsp3) is 1.00. The van der Waals surface area contributed by atoms with Gasteiger partial charge >= 0.3 is 0 Å². The van der Waals surface area contributed by atoms with E-state index >= 15 is 0 Å². The number of methoxy groups -OCH3 is 1. The summed E-state index contributed by atoms with van der Waals surface area (Å²) in [6, 6.07) is 0. The highest BCUT2D eigenvalue weighted by Crippen LogP contribution is 2.15. The number of hydrogen-bond acceptors (Lipinski definition) is 5. The molecule has 0 aromatic carbocycles. The highest BCUT2D eigenvalue weighted by molar-refractivity contribution is 4.82. The van der Waals surface area contributed by atoms with E-state index in [9.17, 15) is 5.11 Å². The van der Waals surface area contributed by atoms with E-state index in [4.69, 9.17) is 14.9 Å². The number of ether oxygens (including phenoxy) is 2. The van der Waals surface area contributed by atoms with Gasteiger partial charge in [-0.15, -0.1) is 0 Å². The van der Waals surface area contributed by atoms with Crippen LogP contribution in [0.4, 0.5) is 0 Å². The lowest BCUT2D eigenvalue weighted by Gasteiger charge is -2.34. The second-order valence-corrected chi connectivity index (χ2v) is 2.48. The third kappa shape index (κ3) is 1.69. The van der Waals surface area contributed by atoms with Crippen molar-refractivity contribution in [2.24, 2.45) is 0 Å². The molecule has 0 aliphatic carbocycles. The van der Waals surface area contributed by atoms with Crippen LogP contribution in [0.2, 0.25) is 0 Å². The predicted molar refractivity (Wildman–Crippen MR) is 34.8 cm³/mol. The highest BCUT2D eigenvalue weighted by Gasteiger charge is 2.37. The Morgan fingerprint density at radius 3 is 2.45 bits per heavy atom. The zero-order valence-corrected chi connectivity index (χ0v) is 6.17. The van der Waals surface area contributed by atoms with E-state index in [2.05, 4.69) is 4.74 Å². The second-order valence-electron chi connectivity index (χ2n) is 2.48. The third-order valence-electron chi connectivity index (χ3n) is 1.72. The molecule has 11 heavy (non-hydrogen) atoms. The number of aliphatic hydroxyl groups is 3. The van der Waals surface area contributed by atoms with Gasteiger partial charge in [0.1, 0.15) is 18.3 Å². The van der Waals surface area contributed by atoms with Crippen LogP contribution in [0.5, 0.6) is 0 Å². The molecule has 0 saturated carbocycles. The van der Waals surface area contributed by atoms with Gasteiger partial charge < -0.3 is 24.8 Å². The van der Waals surface area contributed by atoms with E-state index in [-0.39, 0.29) is 6.61 Å². The van der Waals surface area contributed by atoms with Gasteiger partial charge in [0.15, 0.2) is 6.29 Å². The average molecular weight is 164 g/mol. The summed E-state index contributed by atoms with van der Waals surface area (Å²) < 4.78 is 9.39. The topological polar surface area (TPSA) is 79.2 Å². The summed E-state index contributed by atoms with van der Waals surface area (Å²) in [5, 5.41) is 27.3. The van der Waals surface area contributed by atoms with Crippen LogP contribution in [-0.4, -0.2) is 53.6 Å². The van der Waals surface area contributed by atoms with Crippen molar-refractivity contribution in [3.63, 3.8) is 0 Å². The summed E-state index contributed by atoms with van der Waals surface area (Å²) in [6.45, 7) is -0.0673. The first-order chi connectivity index (χ1) is 5.16. The van der Waals surface area contributed by atoms with Gasteiger partial charge in [-0.25, -0.2) is 0 Å². The van der Waals surface area contributed by atoms with Crippen molar-refractivity contribution >= 4 is 0 Å². The lowest BCUT2D eigenvalue weighted by Crippen LogP contribution is -2.53. The molecule has 66 valence electrons. The predicted octanol–water partition coefficient (Wildman–Crippen LogP) is -1.93. The Hall–Kier alpha value is -0.200. The van der Waals surface area contributed by atoms with Crippen LogP contribution in [0.25, 0.3) is 0 Å². The van der Waals surface area contributed by atoms with Crippen molar-refractivity contribution in [3.05, 3.63) is 0 Å². The molecule has 1 rings (SSSR count). The summed E-state index contributed by atoms with van der Waals surface area (Å²) in [5.74, 6) is 0. The van der Waals surface area contributed by atoms with Crippen LogP contribution in [0.1, 0.15) is 0 Å². The number of rotatable bonds is 1. The third-order valence-corrected chi connectivity index (χ3v) is 1.72. The molecule has 0 aromatic heterocycles. The van der Waals surface area contributed by atoms with Crippen LogP contribution in [-0.2, 0) is 9.47 Å². The number of hydrogen-bond donors (Lipinski definition) is 3. The van der Waals surface area contributed by atoms with Crippen LogP contribution >= 0.6 is 0 Å². The monoisotopic (exact) mass is 164 g/mol. The molecule has 0 spiro atoms. The van der Waals surface area contributed by atoms with E-state index in [0.29, 0.717) is 0 Å². The molecule has 5 nitrogen and oxygen atoms in total. The van der Waals surface area contributed by atoms with Gasteiger partial charge in [-0.3, -0.25) is 0 Å². The average Bonchev–Trinajstić information content (AvgIpc) is 1.99. The van der Waals surface area contributed by atoms with E-state index in [1.54, 1.807) is 0 Å².